The molecule has 0 saturated carbocycles. The summed E-state index contributed by atoms with van der Waals surface area (Å²) >= 11 is 0. The van der Waals surface area contributed by atoms with Crippen LogP contribution in [0.5, 0.6) is 0 Å². The number of amides is 1. The quantitative estimate of drug-likeness (QED) is 0.770. The molecule has 1 N–H and O–H groups in total. The first-order valence-electron chi connectivity index (χ1n) is 7.74. The molecular formula is C19H15F3N2O. The van der Waals surface area contributed by atoms with Crippen molar-refractivity contribution in [2.24, 2.45) is 0 Å². The Morgan fingerprint density at radius 2 is 1.76 bits per heavy atom. The number of aromatic nitrogens is 1. The van der Waals surface area contributed by atoms with Crippen LogP contribution in [0.4, 0.5) is 13.2 Å². The third kappa shape index (κ3) is 3.79. The van der Waals surface area contributed by atoms with E-state index in [4.69, 9.17) is 0 Å². The van der Waals surface area contributed by atoms with Gasteiger partial charge in [-0.1, -0.05) is 36.4 Å². The number of hydrogen-bond acceptors (Lipinski definition) is 2. The summed E-state index contributed by atoms with van der Waals surface area (Å²) in [6.07, 6.45) is -2.40. The van der Waals surface area contributed by atoms with Gasteiger partial charge in [0.15, 0.2) is 0 Å². The molecule has 0 saturated heterocycles. The van der Waals surface area contributed by atoms with Gasteiger partial charge in [0, 0.05) is 18.1 Å². The van der Waals surface area contributed by atoms with Gasteiger partial charge < -0.3 is 5.32 Å². The number of carbonyl (C=O) groups excluding carboxylic acids is 1. The summed E-state index contributed by atoms with van der Waals surface area (Å²) in [4.78, 5) is 16.5. The Labute approximate surface area is 142 Å². The normalized spacial score (nSPS) is 11.5. The largest absolute Gasteiger partial charge is 0.417 e. The van der Waals surface area contributed by atoms with E-state index in [-0.39, 0.29) is 12.1 Å². The molecule has 1 amide bonds. The van der Waals surface area contributed by atoms with Crippen LogP contribution in [-0.4, -0.2) is 17.4 Å². The summed E-state index contributed by atoms with van der Waals surface area (Å²) < 4.78 is 38.9. The fourth-order valence-electron chi connectivity index (χ4n) is 2.70. The molecule has 0 radical (unpaired) electrons. The number of pyridine rings is 1. The van der Waals surface area contributed by atoms with Gasteiger partial charge in [-0.25, -0.2) is 0 Å². The highest BCUT2D eigenvalue weighted by Gasteiger charge is 2.34. The Balaban J connectivity index is 1.71. The molecule has 3 nitrogen and oxygen atoms in total. The zero-order valence-corrected chi connectivity index (χ0v) is 13.2. The first kappa shape index (κ1) is 17.0. The van der Waals surface area contributed by atoms with Gasteiger partial charge in [0.25, 0.3) is 5.91 Å². The van der Waals surface area contributed by atoms with E-state index in [1.165, 1.54) is 18.2 Å². The van der Waals surface area contributed by atoms with E-state index < -0.39 is 17.6 Å². The van der Waals surface area contributed by atoms with Crippen LogP contribution in [0.1, 0.15) is 21.5 Å². The third-order valence-electron chi connectivity index (χ3n) is 3.87. The summed E-state index contributed by atoms with van der Waals surface area (Å²) in [7, 11) is 0. The topological polar surface area (TPSA) is 42.0 Å². The molecule has 0 aliphatic heterocycles. The van der Waals surface area contributed by atoms with Crippen molar-refractivity contribution in [1.29, 1.82) is 0 Å². The lowest BCUT2D eigenvalue weighted by atomic mass is 10.1. The number of nitrogens with one attached hydrogen (secondary N) is 1. The molecule has 1 heterocycles. The minimum absolute atomic E-state index is 0.223. The first-order chi connectivity index (χ1) is 12.0. The van der Waals surface area contributed by atoms with Crippen molar-refractivity contribution in [3.8, 4) is 0 Å². The Morgan fingerprint density at radius 3 is 2.56 bits per heavy atom. The van der Waals surface area contributed by atoms with Crippen LogP contribution >= 0.6 is 0 Å². The van der Waals surface area contributed by atoms with Gasteiger partial charge in [0.1, 0.15) is 0 Å². The highest BCUT2D eigenvalue weighted by molar-refractivity contribution is 5.95. The zero-order chi connectivity index (χ0) is 17.9. The molecule has 0 spiro atoms. The molecule has 0 atom stereocenters. The Morgan fingerprint density at radius 1 is 1.00 bits per heavy atom. The van der Waals surface area contributed by atoms with E-state index in [9.17, 15) is 18.0 Å². The molecule has 0 fully saturated rings. The van der Waals surface area contributed by atoms with Crippen LogP contribution < -0.4 is 5.32 Å². The average Bonchev–Trinajstić information content (AvgIpc) is 2.61. The number of hydrogen-bond donors (Lipinski definition) is 1. The number of halogens is 3. The molecule has 0 bridgehead atoms. The molecule has 128 valence electrons. The molecule has 1 aromatic heterocycles. The van der Waals surface area contributed by atoms with Gasteiger partial charge in [-0.15, -0.1) is 0 Å². The molecule has 0 aliphatic carbocycles. The van der Waals surface area contributed by atoms with Crippen LogP contribution in [0.25, 0.3) is 10.9 Å². The summed E-state index contributed by atoms with van der Waals surface area (Å²) in [6.45, 7) is 0.223. The number of rotatable bonds is 4. The molecule has 25 heavy (non-hydrogen) atoms. The van der Waals surface area contributed by atoms with Gasteiger partial charge >= 0.3 is 6.18 Å². The summed E-state index contributed by atoms with van der Waals surface area (Å²) in [5, 5.41) is 3.54. The van der Waals surface area contributed by atoms with Crippen LogP contribution in [0.3, 0.4) is 0 Å². The van der Waals surface area contributed by atoms with Gasteiger partial charge in [0.05, 0.1) is 16.6 Å². The third-order valence-corrected chi connectivity index (χ3v) is 3.87. The fourth-order valence-corrected chi connectivity index (χ4v) is 2.70. The van der Waals surface area contributed by atoms with Gasteiger partial charge in [0.2, 0.25) is 0 Å². The van der Waals surface area contributed by atoms with Crippen molar-refractivity contribution in [2.45, 2.75) is 12.6 Å². The van der Waals surface area contributed by atoms with Gasteiger partial charge in [-0.05, 0) is 30.2 Å². The second-order valence-corrected chi connectivity index (χ2v) is 5.54. The second-order valence-electron chi connectivity index (χ2n) is 5.54. The number of fused-ring (bicyclic) bond motifs is 1. The predicted octanol–water partition coefficient (Wildman–Crippen LogP) is 4.23. The van der Waals surface area contributed by atoms with Gasteiger partial charge in [-0.3, -0.25) is 9.78 Å². The monoisotopic (exact) mass is 344 g/mol. The Bertz CT molecular complexity index is 901. The van der Waals surface area contributed by atoms with Crippen molar-refractivity contribution in [1.82, 2.24) is 10.3 Å². The molecule has 2 aromatic carbocycles. The number of benzene rings is 2. The van der Waals surface area contributed by atoms with Crippen LogP contribution in [-0.2, 0) is 12.6 Å². The lowest BCUT2D eigenvalue weighted by Crippen LogP contribution is -2.28. The zero-order valence-electron chi connectivity index (χ0n) is 13.2. The van der Waals surface area contributed by atoms with Crippen LogP contribution in [0.2, 0.25) is 0 Å². The second kappa shape index (κ2) is 6.93. The molecule has 3 rings (SSSR count). The van der Waals surface area contributed by atoms with E-state index in [1.807, 2.05) is 30.3 Å². The summed E-state index contributed by atoms with van der Waals surface area (Å²) in [5.74, 6) is -0.735. The highest BCUT2D eigenvalue weighted by Crippen LogP contribution is 2.31. The van der Waals surface area contributed by atoms with E-state index in [1.54, 1.807) is 6.20 Å². The number of para-hydroxylation sites is 1. The molecule has 0 aliphatic rings. The maximum absolute atomic E-state index is 13.0. The first-order valence-corrected chi connectivity index (χ1v) is 7.74. The molecule has 3 aromatic rings. The highest BCUT2D eigenvalue weighted by atomic mass is 19.4. The predicted molar refractivity (Wildman–Crippen MR) is 89.2 cm³/mol. The van der Waals surface area contributed by atoms with Crippen molar-refractivity contribution in [3.05, 3.63) is 77.5 Å². The lowest BCUT2D eigenvalue weighted by Gasteiger charge is -2.13. The van der Waals surface area contributed by atoms with Gasteiger partial charge in [-0.2, -0.15) is 13.2 Å². The molecule has 6 heteroatoms. The Hall–Kier alpha value is -2.89. The number of alkyl halides is 3. The Kier molecular flexibility index (Phi) is 4.70. The van der Waals surface area contributed by atoms with Crippen molar-refractivity contribution < 1.29 is 18.0 Å². The molecule has 0 unspecified atom stereocenters. The van der Waals surface area contributed by atoms with Crippen molar-refractivity contribution >= 4 is 16.8 Å². The minimum atomic E-state index is -4.56. The standard InChI is InChI=1S/C19H15F3N2O/c20-19(21,22)16-9-2-1-8-15(16)18(25)24-12-10-14-6-3-5-13-7-4-11-23-17(13)14/h1-9,11H,10,12H2,(H,24,25). The summed E-state index contributed by atoms with van der Waals surface area (Å²) in [6, 6.07) is 14.3. The fraction of sp³-hybridized carbons (Fsp3) is 0.158. The van der Waals surface area contributed by atoms with Crippen molar-refractivity contribution in [2.75, 3.05) is 6.54 Å². The summed E-state index contributed by atoms with van der Waals surface area (Å²) in [5.41, 5.74) is 0.461. The number of nitrogens with zero attached hydrogens (tertiary/aromatic N) is 1. The lowest BCUT2D eigenvalue weighted by molar-refractivity contribution is -0.137. The smallest absolute Gasteiger partial charge is 0.352 e. The maximum Gasteiger partial charge on any atom is 0.417 e. The number of carbonyl (C=O) groups is 1. The minimum Gasteiger partial charge on any atom is -0.352 e. The van der Waals surface area contributed by atoms with E-state index in [2.05, 4.69) is 10.3 Å². The van der Waals surface area contributed by atoms with E-state index in [0.29, 0.717) is 6.42 Å². The van der Waals surface area contributed by atoms with E-state index in [0.717, 1.165) is 22.5 Å². The molecular weight excluding hydrogens is 329 g/mol. The maximum atomic E-state index is 13.0. The van der Waals surface area contributed by atoms with Crippen LogP contribution in [0.15, 0.2) is 60.8 Å². The SMILES string of the molecule is O=C(NCCc1cccc2cccnc12)c1ccccc1C(F)(F)F. The van der Waals surface area contributed by atoms with Crippen LogP contribution in [0, 0.1) is 0 Å². The average molecular weight is 344 g/mol. The van der Waals surface area contributed by atoms with E-state index >= 15 is 0 Å². The van der Waals surface area contributed by atoms with Crippen molar-refractivity contribution in [3.63, 3.8) is 0 Å².